The molecule has 2 atom stereocenters. The molecule has 0 aromatic carbocycles. The zero-order valence-electron chi connectivity index (χ0n) is 10.8. The molecule has 1 aliphatic heterocycles. The van der Waals surface area contributed by atoms with Gasteiger partial charge in [-0.1, -0.05) is 26.2 Å². The molecule has 2 fully saturated rings. The summed E-state index contributed by atoms with van der Waals surface area (Å²) in [4.78, 5) is 0. The fourth-order valence-electron chi connectivity index (χ4n) is 3.34. The Morgan fingerprint density at radius 2 is 1.94 bits per heavy atom. The van der Waals surface area contributed by atoms with Crippen LogP contribution in [0.15, 0.2) is 0 Å². The lowest BCUT2D eigenvalue weighted by molar-refractivity contribution is 0.261. The monoisotopic (exact) mass is 224 g/mol. The summed E-state index contributed by atoms with van der Waals surface area (Å²) in [6.45, 7) is 6.09. The van der Waals surface area contributed by atoms with Crippen LogP contribution < -0.4 is 10.6 Å². The fraction of sp³-hybridized carbons (Fsp3) is 1.00. The van der Waals surface area contributed by atoms with E-state index in [9.17, 15) is 0 Å². The Labute approximate surface area is 101 Å². The average molecular weight is 224 g/mol. The van der Waals surface area contributed by atoms with Gasteiger partial charge in [-0.3, -0.25) is 0 Å². The topological polar surface area (TPSA) is 24.1 Å². The van der Waals surface area contributed by atoms with Gasteiger partial charge in [-0.15, -0.1) is 0 Å². The van der Waals surface area contributed by atoms with E-state index in [4.69, 9.17) is 0 Å². The molecule has 2 unspecified atom stereocenters. The standard InChI is InChI=1S/C14H28N2/c1-12-3-2-4-13(11-12)5-10-16-14-6-8-15-9-7-14/h12-16H,2-11H2,1H3. The lowest BCUT2D eigenvalue weighted by Crippen LogP contribution is -2.40. The van der Waals surface area contributed by atoms with Crippen molar-refractivity contribution < 1.29 is 0 Å². The van der Waals surface area contributed by atoms with Crippen molar-refractivity contribution in [2.45, 2.75) is 57.9 Å². The maximum Gasteiger partial charge on any atom is 0.00912 e. The van der Waals surface area contributed by atoms with Gasteiger partial charge in [0.2, 0.25) is 0 Å². The number of nitrogens with one attached hydrogen (secondary N) is 2. The van der Waals surface area contributed by atoms with Crippen LogP contribution in [-0.4, -0.2) is 25.7 Å². The summed E-state index contributed by atoms with van der Waals surface area (Å²) in [7, 11) is 0. The molecule has 2 heteroatoms. The molecule has 0 aromatic rings. The minimum absolute atomic E-state index is 0.794. The van der Waals surface area contributed by atoms with Crippen molar-refractivity contribution in [3.63, 3.8) is 0 Å². The van der Waals surface area contributed by atoms with E-state index in [-0.39, 0.29) is 0 Å². The second kappa shape index (κ2) is 6.61. The summed E-state index contributed by atoms with van der Waals surface area (Å²) in [5, 5.41) is 7.16. The largest absolute Gasteiger partial charge is 0.317 e. The van der Waals surface area contributed by atoms with Gasteiger partial charge in [0.1, 0.15) is 0 Å². The molecule has 0 aromatic heterocycles. The van der Waals surface area contributed by atoms with Gasteiger partial charge in [0, 0.05) is 6.04 Å². The zero-order chi connectivity index (χ0) is 11.2. The summed E-state index contributed by atoms with van der Waals surface area (Å²) in [5.41, 5.74) is 0. The van der Waals surface area contributed by atoms with Crippen LogP contribution in [0, 0.1) is 11.8 Å². The van der Waals surface area contributed by atoms with Crippen LogP contribution in [0.4, 0.5) is 0 Å². The van der Waals surface area contributed by atoms with Gasteiger partial charge >= 0.3 is 0 Å². The van der Waals surface area contributed by atoms with Gasteiger partial charge in [0.05, 0.1) is 0 Å². The van der Waals surface area contributed by atoms with Crippen molar-refractivity contribution in [3.8, 4) is 0 Å². The van der Waals surface area contributed by atoms with Crippen LogP contribution in [0.25, 0.3) is 0 Å². The Bertz CT molecular complexity index is 187. The van der Waals surface area contributed by atoms with Gasteiger partial charge in [-0.25, -0.2) is 0 Å². The van der Waals surface area contributed by atoms with E-state index < -0.39 is 0 Å². The number of rotatable bonds is 4. The maximum atomic E-state index is 3.74. The molecule has 1 aliphatic carbocycles. The molecular formula is C14H28N2. The summed E-state index contributed by atoms with van der Waals surface area (Å²) >= 11 is 0. The van der Waals surface area contributed by atoms with E-state index in [1.807, 2.05) is 0 Å². The predicted molar refractivity (Wildman–Crippen MR) is 69.6 cm³/mol. The van der Waals surface area contributed by atoms with Crippen LogP contribution in [0.3, 0.4) is 0 Å². The van der Waals surface area contributed by atoms with Gasteiger partial charge in [0.25, 0.3) is 0 Å². The Morgan fingerprint density at radius 3 is 2.69 bits per heavy atom. The minimum atomic E-state index is 0.794. The highest BCUT2D eigenvalue weighted by Crippen LogP contribution is 2.30. The molecule has 2 aliphatic rings. The summed E-state index contributed by atoms with van der Waals surface area (Å²) in [5.74, 6) is 2.00. The lowest BCUT2D eigenvalue weighted by atomic mass is 9.81. The van der Waals surface area contributed by atoms with Crippen LogP contribution in [0.2, 0.25) is 0 Å². The highest BCUT2D eigenvalue weighted by Gasteiger charge is 2.19. The predicted octanol–water partition coefficient (Wildman–Crippen LogP) is 2.54. The zero-order valence-corrected chi connectivity index (χ0v) is 10.8. The quantitative estimate of drug-likeness (QED) is 0.767. The third-order valence-corrected chi connectivity index (χ3v) is 4.37. The maximum absolute atomic E-state index is 3.74. The molecule has 2 nitrogen and oxygen atoms in total. The first-order valence-corrected chi connectivity index (χ1v) is 7.28. The number of hydrogen-bond donors (Lipinski definition) is 2. The second-order valence-corrected chi connectivity index (χ2v) is 5.90. The molecule has 0 bridgehead atoms. The molecule has 16 heavy (non-hydrogen) atoms. The van der Waals surface area contributed by atoms with E-state index in [1.54, 1.807) is 0 Å². The van der Waals surface area contributed by atoms with Crippen molar-refractivity contribution >= 4 is 0 Å². The van der Waals surface area contributed by atoms with E-state index in [0.29, 0.717) is 0 Å². The first kappa shape index (κ1) is 12.4. The molecule has 0 amide bonds. The van der Waals surface area contributed by atoms with E-state index >= 15 is 0 Å². The summed E-state index contributed by atoms with van der Waals surface area (Å²) in [6, 6.07) is 0.794. The van der Waals surface area contributed by atoms with Gasteiger partial charge in [-0.05, 0) is 57.2 Å². The van der Waals surface area contributed by atoms with Crippen LogP contribution in [-0.2, 0) is 0 Å². The Morgan fingerprint density at radius 1 is 1.12 bits per heavy atom. The molecule has 0 spiro atoms. The highest BCUT2D eigenvalue weighted by molar-refractivity contribution is 4.76. The SMILES string of the molecule is CC1CCCC(CCNC2CCNCC2)C1. The van der Waals surface area contributed by atoms with E-state index in [2.05, 4.69) is 17.6 Å². The normalized spacial score (nSPS) is 32.8. The van der Waals surface area contributed by atoms with E-state index in [1.165, 1.54) is 64.6 Å². The smallest absolute Gasteiger partial charge is 0.00912 e. The molecule has 2 rings (SSSR count). The molecule has 1 saturated heterocycles. The number of hydrogen-bond acceptors (Lipinski definition) is 2. The Hall–Kier alpha value is -0.0800. The second-order valence-electron chi connectivity index (χ2n) is 5.90. The van der Waals surface area contributed by atoms with Crippen molar-refractivity contribution in [1.82, 2.24) is 10.6 Å². The van der Waals surface area contributed by atoms with Gasteiger partial charge < -0.3 is 10.6 Å². The minimum Gasteiger partial charge on any atom is -0.317 e. The van der Waals surface area contributed by atoms with Crippen LogP contribution in [0.5, 0.6) is 0 Å². The third kappa shape index (κ3) is 4.06. The van der Waals surface area contributed by atoms with E-state index in [0.717, 1.165) is 17.9 Å². The van der Waals surface area contributed by atoms with Gasteiger partial charge in [0.15, 0.2) is 0 Å². The third-order valence-electron chi connectivity index (χ3n) is 4.37. The van der Waals surface area contributed by atoms with Crippen LogP contribution >= 0.6 is 0 Å². The van der Waals surface area contributed by atoms with Gasteiger partial charge in [-0.2, -0.15) is 0 Å². The van der Waals surface area contributed by atoms with Crippen molar-refractivity contribution in [2.75, 3.05) is 19.6 Å². The lowest BCUT2D eigenvalue weighted by Gasteiger charge is -2.28. The Balaban J connectivity index is 1.56. The fourth-order valence-corrected chi connectivity index (χ4v) is 3.34. The highest BCUT2D eigenvalue weighted by atomic mass is 15.0. The van der Waals surface area contributed by atoms with Crippen LogP contribution in [0.1, 0.15) is 51.9 Å². The molecule has 1 saturated carbocycles. The molecule has 94 valence electrons. The first-order valence-electron chi connectivity index (χ1n) is 7.28. The summed E-state index contributed by atoms with van der Waals surface area (Å²) in [6.07, 6.45) is 9.96. The molecular weight excluding hydrogens is 196 g/mol. The number of piperidine rings is 1. The Kier molecular flexibility index (Phi) is 5.11. The summed E-state index contributed by atoms with van der Waals surface area (Å²) < 4.78 is 0. The van der Waals surface area contributed by atoms with Crippen molar-refractivity contribution in [1.29, 1.82) is 0 Å². The molecule has 0 radical (unpaired) electrons. The average Bonchev–Trinajstić information content (AvgIpc) is 2.30. The molecule has 2 N–H and O–H groups in total. The molecule has 1 heterocycles. The first-order chi connectivity index (χ1) is 7.84. The van der Waals surface area contributed by atoms with Crippen molar-refractivity contribution in [3.05, 3.63) is 0 Å². The van der Waals surface area contributed by atoms with Crippen molar-refractivity contribution in [2.24, 2.45) is 11.8 Å².